The minimum atomic E-state index is 0.254. The van der Waals surface area contributed by atoms with Crippen molar-refractivity contribution in [2.45, 2.75) is 26.2 Å². The molecule has 0 spiro atoms. The van der Waals surface area contributed by atoms with Gasteiger partial charge in [-0.3, -0.25) is 4.79 Å². The summed E-state index contributed by atoms with van der Waals surface area (Å²) in [5.41, 5.74) is 0. The van der Waals surface area contributed by atoms with Crippen molar-refractivity contribution in [3.63, 3.8) is 0 Å². The number of hydrogen-bond acceptors (Lipinski definition) is 1. The smallest absolute Gasteiger partial charge is 0.155 e. The van der Waals surface area contributed by atoms with Crippen LogP contribution in [0.4, 0.5) is 0 Å². The largest absolute Gasteiger partial charge is 0.295 e. The lowest BCUT2D eigenvalue weighted by Crippen LogP contribution is -2.00. The summed E-state index contributed by atoms with van der Waals surface area (Å²) in [6.45, 7) is 1.88. The lowest BCUT2D eigenvalue weighted by Gasteiger charge is -2.02. The zero-order valence-corrected chi connectivity index (χ0v) is 6.92. The SMILES string of the molecule is C/C=C/C(=O)CC1C=CCC1. The molecule has 0 fully saturated rings. The molecular formula is C10H14O. The maximum Gasteiger partial charge on any atom is 0.155 e. The van der Waals surface area contributed by atoms with Crippen molar-refractivity contribution in [1.29, 1.82) is 0 Å². The third-order valence-electron chi connectivity index (χ3n) is 1.93. The molecule has 0 saturated heterocycles. The fourth-order valence-corrected chi connectivity index (χ4v) is 1.38. The van der Waals surface area contributed by atoms with Crippen molar-refractivity contribution in [3.05, 3.63) is 24.3 Å². The van der Waals surface area contributed by atoms with Crippen molar-refractivity contribution in [1.82, 2.24) is 0 Å². The quantitative estimate of drug-likeness (QED) is 0.446. The first-order chi connectivity index (χ1) is 5.33. The van der Waals surface area contributed by atoms with Gasteiger partial charge in [0, 0.05) is 6.42 Å². The molecule has 0 N–H and O–H groups in total. The zero-order valence-electron chi connectivity index (χ0n) is 6.92. The van der Waals surface area contributed by atoms with Gasteiger partial charge in [-0.05, 0) is 31.8 Å². The Balaban J connectivity index is 2.30. The molecule has 0 heterocycles. The van der Waals surface area contributed by atoms with Crippen LogP contribution in [0.1, 0.15) is 26.2 Å². The van der Waals surface area contributed by atoms with E-state index in [1.54, 1.807) is 12.2 Å². The highest BCUT2D eigenvalue weighted by Gasteiger charge is 2.11. The van der Waals surface area contributed by atoms with E-state index in [4.69, 9.17) is 0 Å². The lowest BCUT2D eigenvalue weighted by molar-refractivity contribution is -0.115. The average molecular weight is 150 g/mol. The Hall–Kier alpha value is -0.850. The van der Waals surface area contributed by atoms with E-state index in [1.165, 1.54) is 0 Å². The van der Waals surface area contributed by atoms with Gasteiger partial charge in [0.25, 0.3) is 0 Å². The summed E-state index contributed by atoms with van der Waals surface area (Å²) in [6.07, 6.45) is 10.8. The summed E-state index contributed by atoms with van der Waals surface area (Å²) in [6, 6.07) is 0. The van der Waals surface area contributed by atoms with E-state index in [0.717, 1.165) is 12.8 Å². The lowest BCUT2D eigenvalue weighted by atomic mass is 10.0. The number of allylic oxidation sites excluding steroid dienone is 4. The molecule has 0 amide bonds. The van der Waals surface area contributed by atoms with Gasteiger partial charge in [-0.2, -0.15) is 0 Å². The third-order valence-corrected chi connectivity index (χ3v) is 1.93. The highest BCUT2D eigenvalue weighted by Crippen LogP contribution is 2.20. The molecule has 60 valence electrons. The van der Waals surface area contributed by atoms with Gasteiger partial charge in [0.1, 0.15) is 0 Å². The number of carbonyl (C=O) groups is 1. The van der Waals surface area contributed by atoms with Crippen molar-refractivity contribution < 1.29 is 4.79 Å². The highest BCUT2D eigenvalue weighted by molar-refractivity contribution is 5.89. The van der Waals surface area contributed by atoms with Gasteiger partial charge < -0.3 is 0 Å². The topological polar surface area (TPSA) is 17.1 Å². The Bertz CT molecular complexity index is 189. The summed E-state index contributed by atoms with van der Waals surface area (Å²) in [7, 11) is 0. The molecule has 0 aliphatic heterocycles. The van der Waals surface area contributed by atoms with E-state index in [1.807, 2.05) is 6.92 Å². The fourth-order valence-electron chi connectivity index (χ4n) is 1.38. The summed E-state index contributed by atoms with van der Waals surface area (Å²) in [5, 5.41) is 0. The molecular weight excluding hydrogens is 136 g/mol. The second-order valence-electron chi connectivity index (χ2n) is 2.94. The van der Waals surface area contributed by atoms with Crippen molar-refractivity contribution in [2.75, 3.05) is 0 Å². The summed E-state index contributed by atoms with van der Waals surface area (Å²) >= 11 is 0. The van der Waals surface area contributed by atoms with Gasteiger partial charge in [-0.1, -0.05) is 18.2 Å². The molecule has 1 nitrogen and oxygen atoms in total. The average Bonchev–Trinajstić information content (AvgIpc) is 2.40. The van der Waals surface area contributed by atoms with Crippen molar-refractivity contribution in [2.24, 2.45) is 5.92 Å². The standard InChI is InChI=1S/C10H14O/c1-2-5-10(11)8-9-6-3-4-7-9/h2-3,5-6,9H,4,7-8H2,1H3/b5-2+. The Morgan fingerprint density at radius 2 is 2.55 bits per heavy atom. The Labute approximate surface area is 67.8 Å². The van der Waals surface area contributed by atoms with Crippen LogP contribution in [-0.4, -0.2) is 5.78 Å². The molecule has 0 bridgehead atoms. The van der Waals surface area contributed by atoms with Gasteiger partial charge in [-0.25, -0.2) is 0 Å². The highest BCUT2D eigenvalue weighted by atomic mass is 16.1. The monoisotopic (exact) mass is 150 g/mol. The first-order valence-corrected chi connectivity index (χ1v) is 4.15. The summed E-state index contributed by atoms with van der Waals surface area (Å²) < 4.78 is 0. The van der Waals surface area contributed by atoms with E-state index in [9.17, 15) is 4.79 Å². The Morgan fingerprint density at radius 1 is 1.73 bits per heavy atom. The number of hydrogen-bond donors (Lipinski definition) is 0. The van der Waals surface area contributed by atoms with Crippen LogP contribution in [-0.2, 0) is 4.79 Å². The van der Waals surface area contributed by atoms with Crippen LogP contribution in [0.25, 0.3) is 0 Å². The van der Waals surface area contributed by atoms with Crippen molar-refractivity contribution >= 4 is 5.78 Å². The second-order valence-corrected chi connectivity index (χ2v) is 2.94. The molecule has 0 aromatic rings. The molecule has 0 aromatic heterocycles. The van der Waals surface area contributed by atoms with E-state index < -0.39 is 0 Å². The number of rotatable bonds is 3. The van der Waals surface area contributed by atoms with E-state index in [-0.39, 0.29) is 5.78 Å². The zero-order chi connectivity index (χ0) is 8.10. The fraction of sp³-hybridized carbons (Fsp3) is 0.500. The summed E-state index contributed by atoms with van der Waals surface area (Å²) in [4.78, 5) is 11.1. The molecule has 1 rings (SSSR count). The molecule has 11 heavy (non-hydrogen) atoms. The van der Waals surface area contributed by atoms with E-state index in [2.05, 4.69) is 12.2 Å². The minimum absolute atomic E-state index is 0.254. The maximum absolute atomic E-state index is 11.1. The number of carbonyl (C=O) groups excluding carboxylic acids is 1. The number of ketones is 1. The van der Waals surface area contributed by atoms with E-state index in [0.29, 0.717) is 12.3 Å². The molecule has 0 aromatic carbocycles. The van der Waals surface area contributed by atoms with Crippen LogP contribution < -0.4 is 0 Å². The molecule has 1 atom stereocenters. The molecule has 1 unspecified atom stereocenters. The van der Waals surface area contributed by atoms with Gasteiger partial charge in [0.2, 0.25) is 0 Å². The molecule has 1 heteroatoms. The van der Waals surface area contributed by atoms with E-state index >= 15 is 0 Å². The first-order valence-electron chi connectivity index (χ1n) is 4.15. The predicted octanol–water partition coefficient (Wildman–Crippen LogP) is 2.49. The second kappa shape index (κ2) is 4.12. The van der Waals surface area contributed by atoms with Crippen molar-refractivity contribution in [3.8, 4) is 0 Å². The molecule has 1 aliphatic rings. The van der Waals surface area contributed by atoms with Gasteiger partial charge in [0.05, 0.1) is 0 Å². The van der Waals surface area contributed by atoms with Gasteiger partial charge >= 0.3 is 0 Å². The van der Waals surface area contributed by atoms with Crippen LogP contribution in [0.15, 0.2) is 24.3 Å². The van der Waals surface area contributed by atoms with Crippen LogP contribution in [0.3, 0.4) is 0 Å². The molecule has 0 radical (unpaired) electrons. The van der Waals surface area contributed by atoms with Crippen LogP contribution in [0, 0.1) is 5.92 Å². The van der Waals surface area contributed by atoms with Crippen LogP contribution >= 0.6 is 0 Å². The Morgan fingerprint density at radius 3 is 3.09 bits per heavy atom. The molecule has 1 aliphatic carbocycles. The third kappa shape index (κ3) is 2.71. The van der Waals surface area contributed by atoms with Crippen LogP contribution in [0.2, 0.25) is 0 Å². The minimum Gasteiger partial charge on any atom is -0.295 e. The summed E-state index contributed by atoms with van der Waals surface area (Å²) in [5.74, 6) is 0.766. The van der Waals surface area contributed by atoms with Crippen LogP contribution in [0.5, 0.6) is 0 Å². The Kier molecular flexibility index (Phi) is 3.09. The normalized spacial score (nSPS) is 23.2. The predicted molar refractivity (Wildman–Crippen MR) is 46.3 cm³/mol. The van der Waals surface area contributed by atoms with Gasteiger partial charge in [-0.15, -0.1) is 0 Å². The maximum atomic E-state index is 11.1. The van der Waals surface area contributed by atoms with Gasteiger partial charge in [0.15, 0.2) is 5.78 Å². The first kappa shape index (κ1) is 8.25. The molecule has 0 saturated carbocycles.